The molecule has 3 rings (SSSR count). The molecule has 0 unspecified atom stereocenters. The van der Waals surface area contributed by atoms with Crippen molar-refractivity contribution in [2.45, 2.75) is 6.42 Å². The van der Waals surface area contributed by atoms with Crippen molar-refractivity contribution in [1.29, 1.82) is 0 Å². The Kier molecular flexibility index (Phi) is 6.90. The number of carbonyl (C=O) groups is 2. The molecule has 0 radical (unpaired) electrons. The highest BCUT2D eigenvalue weighted by Gasteiger charge is 2.09. The van der Waals surface area contributed by atoms with Crippen molar-refractivity contribution in [3.8, 4) is 5.75 Å². The first kappa shape index (κ1) is 21.4. The van der Waals surface area contributed by atoms with Gasteiger partial charge < -0.3 is 10.4 Å². The fraction of sp³-hybridized carbons (Fsp3) is 0.0417. The van der Waals surface area contributed by atoms with E-state index in [-0.39, 0.29) is 11.7 Å². The van der Waals surface area contributed by atoms with Crippen molar-refractivity contribution in [2.24, 2.45) is 5.10 Å². The second-order valence-electron chi connectivity index (χ2n) is 6.59. The van der Waals surface area contributed by atoms with Gasteiger partial charge in [-0.2, -0.15) is 5.10 Å². The van der Waals surface area contributed by atoms with E-state index in [0.717, 1.165) is 0 Å². The Bertz CT molecular complexity index is 1120. The standard InChI is InChI=1S/C24H20FN3O3/c1-2-4-16-5-3-6-19(22(16)29)15-26-28-24(31)18-9-13-21(14-10-18)27-23(30)17-7-11-20(25)12-8-17/h2-3,5-15,29H,1,4H2,(H,27,30)(H,28,31). The van der Waals surface area contributed by atoms with E-state index >= 15 is 0 Å². The van der Waals surface area contributed by atoms with Gasteiger partial charge in [-0.1, -0.05) is 18.2 Å². The van der Waals surface area contributed by atoms with Crippen molar-refractivity contribution in [3.05, 3.63) is 107 Å². The molecule has 0 aromatic heterocycles. The molecule has 0 heterocycles. The number of hydrazone groups is 1. The Labute approximate surface area is 178 Å². The summed E-state index contributed by atoms with van der Waals surface area (Å²) in [6.07, 6.45) is 3.56. The minimum atomic E-state index is -0.450. The monoisotopic (exact) mass is 417 g/mol. The third-order valence-electron chi connectivity index (χ3n) is 4.40. The Hall–Kier alpha value is -4.26. The molecule has 0 atom stereocenters. The minimum Gasteiger partial charge on any atom is -0.507 e. The van der Waals surface area contributed by atoms with E-state index in [1.807, 2.05) is 0 Å². The molecule has 3 N–H and O–H groups in total. The second-order valence-corrected chi connectivity index (χ2v) is 6.59. The van der Waals surface area contributed by atoms with Gasteiger partial charge in [-0.3, -0.25) is 9.59 Å². The number of allylic oxidation sites excluding steroid dienone is 1. The van der Waals surface area contributed by atoms with Crippen LogP contribution in [0, 0.1) is 5.82 Å². The van der Waals surface area contributed by atoms with Crippen LogP contribution in [0.25, 0.3) is 0 Å². The minimum absolute atomic E-state index is 0.0849. The van der Waals surface area contributed by atoms with Gasteiger partial charge in [0.15, 0.2) is 0 Å². The largest absolute Gasteiger partial charge is 0.507 e. The highest BCUT2D eigenvalue weighted by Crippen LogP contribution is 2.21. The molecule has 0 aliphatic carbocycles. The number of phenolic OH excluding ortho intramolecular Hbond substituents is 1. The molecule has 0 saturated carbocycles. The van der Waals surface area contributed by atoms with Crippen LogP contribution in [0.1, 0.15) is 31.8 Å². The summed E-state index contributed by atoms with van der Waals surface area (Å²) in [6.45, 7) is 3.65. The smallest absolute Gasteiger partial charge is 0.271 e. The van der Waals surface area contributed by atoms with Gasteiger partial charge in [0.2, 0.25) is 0 Å². The number of hydrogen-bond acceptors (Lipinski definition) is 4. The van der Waals surface area contributed by atoms with Gasteiger partial charge in [-0.05, 0) is 66.6 Å². The average molecular weight is 417 g/mol. The molecule has 0 fully saturated rings. The van der Waals surface area contributed by atoms with Crippen LogP contribution in [0.2, 0.25) is 0 Å². The number of carbonyl (C=O) groups excluding carboxylic acids is 2. The molecule has 0 aliphatic rings. The first-order valence-electron chi connectivity index (χ1n) is 9.40. The van der Waals surface area contributed by atoms with Gasteiger partial charge in [0.25, 0.3) is 11.8 Å². The van der Waals surface area contributed by atoms with Crippen LogP contribution in [0.15, 0.2) is 84.5 Å². The summed E-state index contributed by atoms with van der Waals surface area (Å²) in [4.78, 5) is 24.4. The van der Waals surface area contributed by atoms with Crippen LogP contribution in [-0.4, -0.2) is 23.1 Å². The highest BCUT2D eigenvalue weighted by molar-refractivity contribution is 6.04. The normalized spacial score (nSPS) is 10.6. The maximum Gasteiger partial charge on any atom is 0.271 e. The van der Waals surface area contributed by atoms with E-state index in [4.69, 9.17) is 0 Å². The lowest BCUT2D eigenvalue weighted by Gasteiger charge is -2.07. The van der Waals surface area contributed by atoms with Gasteiger partial charge >= 0.3 is 0 Å². The summed E-state index contributed by atoms with van der Waals surface area (Å²) in [6, 6.07) is 16.6. The molecular weight excluding hydrogens is 397 g/mol. The maximum absolute atomic E-state index is 13.0. The molecule has 0 spiro atoms. The number of hydrogen-bond donors (Lipinski definition) is 3. The maximum atomic E-state index is 13.0. The lowest BCUT2D eigenvalue weighted by molar-refractivity contribution is 0.0954. The van der Waals surface area contributed by atoms with Crippen molar-refractivity contribution in [2.75, 3.05) is 5.32 Å². The molecule has 3 aromatic carbocycles. The lowest BCUT2D eigenvalue weighted by atomic mass is 10.1. The van der Waals surface area contributed by atoms with E-state index < -0.39 is 11.7 Å². The number of halogens is 1. The van der Waals surface area contributed by atoms with E-state index in [0.29, 0.717) is 34.4 Å². The van der Waals surface area contributed by atoms with Crippen LogP contribution >= 0.6 is 0 Å². The van der Waals surface area contributed by atoms with E-state index in [9.17, 15) is 19.1 Å². The third kappa shape index (κ3) is 5.63. The van der Waals surface area contributed by atoms with Crippen LogP contribution in [0.3, 0.4) is 0 Å². The molecule has 156 valence electrons. The fourth-order valence-electron chi connectivity index (χ4n) is 2.77. The molecule has 2 amide bonds. The van der Waals surface area contributed by atoms with Crippen molar-refractivity contribution in [3.63, 3.8) is 0 Å². The zero-order valence-corrected chi connectivity index (χ0v) is 16.5. The lowest BCUT2D eigenvalue weighted by Crippen LogP contribution is -2.18. The topological polar surface area (TPSA) is 90.8 Å². The summed E-state index contributed by atoms with van der Waals surface area (Å²) in [5.74, 6) is -1.18. The summed E-state index contributed by atoms with van der Waals surface area (Å²) in [5.41, 5.74) is 4.71. The number of benzene rings is 3. The van der Waals surface area contributed by atoms with Gasteiger partial charge in [-0.15, -0.1) is 6.58 Å². The molecular formula is C24H20FN3O3. The average Bonchev–Trinajstić information content (AvgIpc) is 2.77. The van der Waals surface area contributed by atoms with Gasteiger partial charge in [-0.25, -0.2) is 9.82 Å². The summed E-state index contributed by atoms with van der Waals surface area (Å²) in [5, 5.41) is 16.8. The number of amides is 2. The molecule has 0 aliphatic heterocycles. The first-order chi connectivity index (χ1) is 15.0. The zero-order valence-electron chi connectivity index (χ0n) is 16.5. The van der Waals surface area contributed by atoms with Crippen molar-refractivity contribution >= 4 is 23.7 Å². The Morgan fingerprint density at radius 3 is 2.29 bits per heavy atom. The Morgan fingerprint density at radius 1 is 0.968 bits per heavy atom. The number of phenols is 1. The number of rotatable bonds is 7. The summed E-state index contributed by atoms with van der Waals surface area (Å²) < 4.78 is 13.0. The number of nitrogens with one attached hydrogen (secondary N) is 2. The molecule has 6 nitrogen and oxygen atoms in total. The second kappa shape index (κ2) is 9.98. The Balaban J connectivity index is 1.60. The van der Waals surface area contributed by atoms with Crippen molar-refractivity contribution < 1.29 is 19.1 Å². The Morgan fingerprint density at radius 2 is 1.61 bits per heavy atom. The third-order valence-corrected chi connectivity index (χ3v) is 4.40. The van der Waals surface area contributed by atoms with E-state index in [1.54, 1.807) is 36.4 Å². The highest BCUT2D eigenvalue weighted by atomic mass is 19.1. The predicted molar refractivity (Wildman–Crippen MR) is 118 cm³/mol. The van der Waals surface area contributed by atoms with Gasteiger partial charge in [0.1, 0.15) is 11.6 Å². The summed E-state index contributed by atoms with van der Waals surface area (Å²) in [7, 11) is 0. The fourth-order valence-corrected chi connectivity index (χ4v) is 2.77. The molecule has 0 bridgehead atoms. The number of para-hydroxylation sites is 1. The first-order valence-corrected chi connectivity index (χ1v) is 9.40. The number of aromatic hydroxyl groups is 1. The molecule has 31 heavy (non-hydrogen) atoms. The number of anilines is 1. The predicted octanol–water partition coefficient (Wildman–Crippen LogP) is 4.28. The van der Waals surface area contributed by atoms with Crippen LogP contribution in [0.4, 0.5) is 10.1 Å². The van der Waals surface area contributed by atoms with Crippen LogP contribution in [-0.2, 0) is 6.42 Å². The molecule has 3 aromatic rings. The van der Waals surface area contributed by atoms with Crippen LogP contribution in [0.5, 0.6) is 5.75 Å². The molecule has 7 heteroatoms. The van der Waals surface area contributed by atoms with Crippen LogP contribution < -0.4 is 10.7 Å². The molecule has 0 saturated heterocycles. The quantitative estimate of drug-likeness (QED) is 0.305. The zero-order chi connectivity index (χ0) is 22.2. The van der Waals surface area contributed by atoms with Gasteiger partial charge in [0.05, 0.1) is 6.21 Å². The summed E-state index contributed by atoms with van der Waals surface area (Å²) >= 11 is 0. The number of nitrogens with zero attached hydrogens (tertiary/aromatic N) is 1. The van der Waals surface area contributed by atoms with E-state index in [1.165, 1.54) is 42.6 Å². The SMILES string of the molecule is C=CCc1cccc(C=NNC(=O)c2ccc(NC(=O)c3ccc(F)cc3)cc2)c1O. The van der Waals surface area contributed by atoms with E-state index in [2.05, 4.69) is 22.4 Å². The van der Waals surface area contributed by atoms with Crippen molar-refractivity contribution in [1.82, 2.24) is 5.43 Å². The van der Waals surface area contributed by atoms with Gasteiger partial charge in [0, 0.05) is 22.4 Å².